The zero-order valence-electron chi connectivity index (χ0n) is 15.7. The fourth-order valence-electron chi connectivity index (χ4n) is 2.79. The quantitative estimate of drug-likeness (QED) is 0.517. The van der Waals surface area contributed by atoms with E-state index in [1.165, 1.54) is 0 Å². The van der Waals surface area contributed by atoms with Crippen molar-refractivity contribution in [3.8, 4) is 5.75 Å². The van der Waals surface area contributed by atoms with Crippen molar-refractivity contribution in [2.45, 2.75) is 4.90 Å². The van der Waals surface area contributed by atoms with Crippen LogP contribution in [0.2, 0.25) is 0 Å². The third-order valence-corrected chi connectivity index (χ3v) is 5.98. The average molecular weight is 391 g/mol. The third kappa shape index (κ3) is 5.21. The first kappa shape index (κ1) is 19.6. The molecule has 142 valence electrons. The fourth-order valence-corrected chi connectivity index (χ4v) is 4.20. The Balaban J connectivity index is 1.94. The second-order valence-electron chi connectivity index (χ2n) is 6.26. The Morgan fingerprint density at radius 2 is 1.46 bits per heavy atom. The van der Waals surface area contributed by atoms with E-state index in [9.17, 15) is 8.42 Å². The van der Waals surface area contributed by atoms with Crippen molar-refractivity contribution in [3.05, 3.63) is 108 Å². The summed E-state index contributed by atoms with van der Waals surface area (Å²) in [5.74, 6) is 0.650. The molecule has 0 N–H and O–H groups in total. The lowest BCUT2D eigenvalue weighted by atomic mass is 10.1. The highest BCUT2D eigenvalue weighted by Crippen LogP contribution is 2.23. The Hall–Kier alpha value is -3.11. The first-order chi connectivity index (χ1) is 13.6. The summed E-state index contributed by atoms with van der Waals surface area (Å²) in [6.07, 6.45) is 5.70. The summed E-state index contributed by atoms with van der Waals surface area (Å²) in [5, 5.41) is 0. The summed E-state index contributed by atoms with van der Waals surface area (Å²) >= 11 is 0. The summed E-state index contributed by atoms with van der Waals surface area (Å²) in [6, 6.07) is 25.8. The van der Waals surface area contributed by atoms with Gasteiger partial charge in [-0.2, -0.15) is 0 Å². The number of methoxy groups -OCH3 is 1. The summed E-state index contributed by atoms with van der Waals surface area (Å²) in [7, 11) is -1.85. The van der Waals surface area contributed by atoms with E-state index < -0.39 is 9.84 Å². The van der Waals surface area contributed by atoms with Crippen LogP contribution in [0, 0.1) is 0 Å². The fraction of sp³-hybridized carbons (Fsp3) is 0.0833. The SMILES string of the molecule is COc1ccc(/C(=C\C=C\c2ccccc2)CS(=O)(=O)c2ccccc2)cc1. The molecule has 0 heterocycles. The molecule has 3 nitrogen and oxygen atoms in total. The van der Waals surface area contributed by atoms with Crippen LogP contribution in [-0.2, 0) is 9.84 Å². The predicted octanol–water partition coefficient (Wildman–Crippen LogP) is 5.27. The highest BCUT2D eigenvalue weighted by Gasteiger charge is 2.17. The van der Waals surface area contributed by atoms with Crippen LogP contribution in [0.3, 0.4) is 0 Å². The van der Waals surface area contributed by atoms with Crippen LogP contribution in [0.5, 0.6) is 5.75 Å². The van der Waals surface area contributed by atoms with Gasteiger partial charge in [-0.15, -0.1) is 0 Å². The molecule has 0 saturated heterocycles. The van der Waals surface area contributed by atoms with Gasteiger partial charge in [0.05, 0.1) is 17.8 Å². The minimum Gasteiger partial charge on any atom is -0.497 e. The van der Waals surface area contributed by atoms with Gasteiger partial charge in [-0.3, -0.25) is 0 Å². The predicted molar refractivity (Wildman–Crippen MR) is 115 cm³/mol. The van der Waals surface area contributed by atoms with Crippen molar-refractivity contribution in [1.82, 2.24) is 0 Å². The Morgan fingerprint density at radius 1 is 0.857 bits per heavy atom. The van der Waals surface area contributed by atoms with Crippen molar-refractivity contribution in [3.63, 3.8) is 0 Å². The molecule has 3 rings (SSSR count). The second kappa shape index (κ2) is 9.20. The van der Waals surface area contributed by atoms with E-state index in [2.05, 4.69) is 0 Å². The summed E-state index contributed by atoms with van der Waals surface area (Å²) in [6.45, 7) is 0. The minimum absolute atomic E-state index is 0.0809. The number of benzene rings is 3. The van der Waals surface area contributed by atoms with Gasteiger partial charge in [-0.05, 0) is 41.0 Å². The van der Waals surface area contributed by atoms with E-state index in [1.807, 2.05) is 78.9 Å². The van der Waals surface area contributed by atoms with Crippen LogP contribution < -0.4 is 4.74 Å². The van der Waals surface area contributed by atoms with Gasteiger partial charge in [0.15, 0.2) is 9.84 Å². The Kier molecular flexibility index (Phi) is 6.45. The number of ether oxygens (including phenoxy) is 1. The van der Waals surface area contributed by atoms with Gasteiger partial charge in [0.25, 0.3) is 0 Å². The molecule has 0 spiro atoms. The third-order valence-electron chi connectivity index (χ3n) is 4.29. The summed E-state index contributed by atoms with van der Waals surface area (Å²) in [5.41, 5.74) is 2.62. The second-order valence-corrected chi connectivity index (χ2v) is 8.25. The maximum absolute atomic E-state index is 12.9. The molecule has 0 aliphatic carbocycles. The topological polar surface area (TPSA) is 43.4 Å². The zero-order chi connectivity index (χ0) is 19.8. The van der Waals surface area contributed by atoms with E-state index in [1.54, 1.807) is 31.4 Å². The van der Waals surface area contributed by atoms with Crippen LogP contribution in [0.15, 0.2) is 102 Å². The average Bonchev–Trinajstić information content (AvgIpc) is 2.74. The Bertz CT molecular complexity index is 1050. The molecule has 0 aliphatic heterocycles. The molecule has 0 unspecified atom stereocenters. The molecule has 0 saturated carbocycles. The van der Waals surface area contributed by atoms with Crippen LogP contribution >= 0.6 is 0 Å². The largest absolute Gasteiger partial charge is 0.497 e. The first-order valence-electron chi connectivity index (χ1n) is 8.93. The van der Waals surface area contributed by atoms with E-state index >= 15 is 0 Å². The molecule has 28 heavy (non-hydrogen) atoms. The molecule has 0 aliphatic rings. The molecule has 0 atom stereocenters. The van der Waals surface area contributed by atoms with Crippen molar-refractivity contribution in [2.75, 3.05) is 12.9 Å². The zero-order valence-corrected chi connectivity index (χ0v) is 16.5. The lowest BCUT2D eigenvalue weighted by molar-refractivity contribution is 0.415. The standard InChI is InChI=1S/C24H22O3S/c1-27-23-17-15-21(16-18-23)22(12-8-11-20-9-4-2-5-10-20)19-28(25,26)24-13-6-3-7-14-24/h2-18H,19H2,1H3/b11-8+,22-12-. The van der Waals surface area contributed by atoms with E-state index in [4.69, 9.17) is 4.74 Å². The van der Waals surface area contributed by atoms with Gasteiger partial charge < -0.3 is 4.74 Å². The lowest BCUT2D eigenvalue weighted by Gasteiger charge is -2.10. The van der Waals surface area contributed by atoms with E-state index in [0.717, 1.165) is 22.4 Å². The number of allylic oxidation sites excluding steroid dienone is 2. The van der Waals surface area contributed by atoms with Gasteiger partial charge in [0.2, 0.25) is 0 Å². The molecule has 0 fully saturated rings. The lowest BCUT2D eigenvalue weighted by Crippen LogP contribution is -2.08. The Labute approximate surface area is 166 Å². The van der Waals surface area contributed by atoms with Gasteiger partial charge in [0.1, 0.15) is 5.75 Å². The van der Waals surface area contributed by atoms with Gasteiger partial charge in [-0.25, -0.2) is 8.42 Å². The molecule has 3 aromatic rings. The molecule has 0 amide bonds. The van der Waals surface area contributed by atoms with Crippen LogP contribution in [0.1, 0.15) is 11.1 Å². The van der Waals surface area contributed by atoms with Crippen molar-refractivity contribution in [1.29, 1.82) is 0 Å². The summed E-state index contributed by atoms with van der Waals surface area (Å²) < 4.78 is 31.0. The van der Waals surface area contributed by atoms with Crippen molar-refractivity contribution < 1.29 is 13.2 Å². The van der Waals surface area contributed by atoms with Crippen molar-refractivity contribution in [2.24, 2.45) is 0 Å². The monoisotopic (exact) mass is 390 g/mol. The first-order valence-corrected chi connectivity index (χ1v) is 10.6. The number of rotatable bonds is 7. The molecule has 4 heteroatoms. The smallest absolute Gasteiger partial charge is 0.182 e. The maximum Gasteiger partial charge on any atom is 0.182 e. The van der Waals surface area contributed by atoms with E-state index in [0.29, 0.717) is 4.90 Å². The molecular formula is C24H22O3S. The number of hydrogen-bond donors (Lipinski definition) is 0. The van der Waals surface area contributed by atoms with Gasteiger partial charge in [-0.1, -0.05) is 78.9 Å². The van der Waals surface area contributed by atoms with Crippen molar-refractivity contribution >= 4 is 21.5 Å². The minimum atomic E-state index is -3.45. The highest BCUT2D eigenvalue weighted by molar-refractivity contribution is 7.91. The molecule has 0 aromatic heterocycles. The highest BCUT2D eigenvalue weighted by atomic mass is 32.2. The molecular weight excluding hydrogens is 368 g/mol. The van der Waals surface area contributed by atoms with Crippen LogP contribution in [0.4, 0.5) is 0 Å². The van der Waals surface area contributed by atoms with Crippen LogP contribution in [0.25, 0.3) is 11.6 Å². The van der Waals surface area contributed by atoms with E-state index in [-0.39, 0.29) is 5.75 Å². The van der Waals surface area contributed by atoms with Gasteiger partial charge >= 0.3 is 0 Å². The summed E-state index contributed by atoms with van der Waals surface area (Å²) in [4.78, 5) is 0.321. The molecule has 3 aromatic carbocycles. The van der Waals surface area contributed by atoms with Crippen LogP contribution in [-0.4, -0.2) is 21.3 Å². The number of sulfone groups is 1. The Morgan fingerprint density at radius 3 is 2.07 bits per heavy atom. The molecule has 0 bridgehead atoms. The normalized spacial score (nSPS) is 12.2. The maximum atomic E-state index is 12.9. The number of hydrogen-bond acceptors (Lipinski definition) is 3. The van der Waals surface area contributed by atoms with Gasteiger partial charge in [0, 0.05) is 0 Å². The molecule has 0 radical (unpaired) electrons.